The largest absolute Gasteiger partial charge is 0.489 e. The zero-order chi connectivity index (χ0) is 19.4. The third kappa shape index (κ3) is 2.75. The zero-order valence-corrected chi connectivity index (χ0v) is 15.9. The molecule has 1 aromatic carbocycles. The van der Waals surface area contributed by atoms with Gasteiger partial charge in [-0.1, -0.05) is 6.07 Å². The number of hydrogen-bond donors (Lipinski definition) is 2. The summed E-state index contributed by atoms with van der Waals surface area (Å²) in [4.78, 5) is 39.0. The van der Waals surface area contributed by atoms with Crippen LogP contribution in [0.15, 0.2) is 18.2 Å². The number of benzene rings is 1. The molecule has 2 N–H and O–H groups in total. The Bertz CT molecular complexity index is 826. The van der Waals surface area contributed by atoms with Crippen LogP contribution in [0.2, 0.25) is 0 Å². The summed E-state index contributed by atoms with van der Waals surface area (Å²) in [6.07, 6.45) is 3.08. The third-order valence-electron chi connectivity index (χ3n) is 6.75. The fourth-order valence-corrected chi connectivity index (χ4v) is 5.46. The van der Waals surface area contributed by atoms with Crippen LogP contribution in [0.5, 0.6) is 5.75 Å². The summed E-state index contributed by atoms with van der Waals surface area (Å²) < 4.78 is 5.71. The van der Waals surface area contributed by atoms with Gasteiger partial charge in [0.25, 0.3) is 0 Å². The maximum Gasteiger partial charge on any atom is 0.240 e. The van der Waals surface area contributed by atoms with Crippen LogP contribution in [-0.2, 0) is 20.9 Å². The van der Waals surface area contributed by atoms with Gasteiger partial charge in [-0.05, 0) is 55.7 Å². The molecule has 4 aliphatic rings. The van der Waals surface area contributed by atoms with E-state index in [1.807, 2.05) is 18.2 Å². The topological polar surface area (TPSA) is 87.7 Å². The number of fused-ring (bicyclic) bond motifs is 6. The van der Waals surface area contributed by atoms with E-state index in [-0.39, 0.29) is 42.1 Å². The first-order chi connectivity index (χ1) is 13.5. The van der Waals surface area contributed by atoms with Crippen LogP contribution in [-0.4, -0.2) is 41.8 Å². The lowest BCUT2D eigenvalue weighted by atomic mass is 9.81. The molecule has 2 saturated carbocycles. The molecule has 3 fully saturated rings. The number of rotatable bonds is 4. The fraction of sp³-hybridized carbons (Fsp3) is 0.571. The van der Waals surface area contributed by atoms with Crippen molar-refractivity contribution in [3.8, 4) is 5.75 Å². The highest BCUT2D eigenvalue weighted by Crippen LogP contribution is 2.56. The standard InChI is InChI=1S/C21H25N3O4/c1-11-10-28-16-6-12(2-5-15(16)23-11)8-22-17(25)9-24-20(26)18-13-3-4-14(7-13)19(18)21(24)27/h2,5-6,11,13-14,18-19,23H,3-4,7-10H2,1H3,(H,22,25)/t11-,13-,14+,18-,19+/m1/s1. The maximum atomic E-state index is 12.7. The second-order valence-electron chi connectivity index (χ2n) is 8.61. The first-order valence-electron chi connectivity index (χ1n) is 10.2. The van der Waals surface area contributed by atoms with E-state index in [4.69, 9.17) is 4.74 Å². The van der Waals surface area contributed by atoms with Gasteiger partial charge < -0.3 is 15.4 Å². The molecule has 2 aliphatic carbocycles. The summed E-state index contributed by atoms with van der Waals surface area (Å²) in [7, 11) is 0. The molecule has 1 saturated heterocycles. The molecule has 7 heteroatoms. The number of hydrogen-bond acceptors (Lipinski definition) is 5. The molecule has 7 nitrogen and oxygen atoms in total. The van der Waals surface area contributed by atoms with Gasteiger partial charge in [0.2, 0.25) is 17.7 Å². The molecule has 2 heterocycles. The highest BCUT2D eigenvalue weighted by Gasteiger charge is 2.60. The molecule has 5 atom stereocenters. The Kier molecular flexibility index (Phi) is 4.07. The summed E-state index contributed by atoms with van der Waals surface area (Å²) in [5.41, 5.74) is 1.86. The van der Waals surface area contributed by atoms with E-state index in [2.05, 4.69) is 17.6 Å². The van der Waals surface area contributed by atoms with Gasteiger partial charge in [-0.15, -0.1) is 0 Å². The summed E-state index contributed by atoms with van der Waals surface area (Å²) in [6.45, 7) is 2.81. The van der Waals surface area contributed by atoms with E-state index in [1.54, 1.807) is 0 Å². The van der Waals surface area contributed by atoms with E-state index in [9.17, 15) is 14.4 Å². The molecule has 0 unspecified atom stereocenters. The molecular formula is C21H25N3O4. The summed E-state index contributed by atoms with van der Waals surface area (Å²) >= 11 is 0. The van der Waals surface area contributed by atoms with E-state index in [0.29, 0.717) is 25.0 Å². The van der Waals surface area contributed by atoms with Crippen LogP contribution in [0.25, 0.3) is 0 Å². The smallest absolute Gasteiger partial charge is 0.240 e. The van der Waals surface area contributed by atoms with E-state index in [0.717, 1.165) is 36.3 Å². The van der Waals surface area contributed by atoms with E-state index in [1.165, 1.54) is 4.90 Å². The predicted octanol–water partition coefficient (Wildman–Crippen LogP) is 1.53. The average molecular weight is 383 g/mol. The lowest BCUT2D eigenvalue weighted by Crippen LogP contribution is -2.41. The number of nitrogens with zero attached hydrogens (tertiary/aromatic N) is 1. The van der Waals surface area contributed by atoms with E-state index < -0.39 is 0 Å². The van der Waals surface area contributed by atoms with Crippen molar-refractivity contribution in [2.45, 2.75) is 38.8 Å². The highest BCUT2D eigenvalue weighted by atomic mass is 16.5. The molecule has 2 aliphatic heterocycles. The lowest BCUT2D eigenvalue weighted by Gasteiger charge is -2.25. The number of carbonyl (C=O) groups is 3. The molecular weight excluding hydrogens is 358 g/mol. The van der Waals surface area contributed by atoms with Crippen LogP contribution in [0.4, 0.5) is 5.69 Å². The van der Waals surface area contributed by atoms with E-state index >= 15 is 0 Å². The minimum Gasteiger partial charge on any atom is -0.489 e. The third-order valence-corrected chi connectivity index (χ3v) is 6.75. The monoisotopic (exact) mass is 383 g/mol. The number of imide groups is 1. The number of carbonyl (C=O) groups excluding carboxylic acids is 3. The van der Waals surface area contributed by atoms with Gasteiger partial charge >= 0.3 is 0 Å². The molecule has 2 bridgehead atoms. The normalized spacial score (nSPS) is 32.6. The van der Waals surface area contributed by atoms with Crippen LogP contribution in [0, 0.1) is 23.7 Å². The van der Waals surface area contributed by atoms with Crippen molar-refractivity contribution < 1.29 is 19.1 Å². The quantitative estimate of drug-likeness (QED) is 0.770. The van der Waals surface area contributed by atoms with Gasteiger partial charge in [-0.2, -0.15) is 0 Å². The Morgan fingerprint density at radius 1 is 1.21 bits per heavy atom. The van der Waals surface area contributed by atoms with Crippen LogP contribution < -0.4 is 15.4 Å². The van der Waals surface area contributed by atoms with Gasteiger partial charge in [-0.25, -0.2) is 0 Å². The number of anilines is 1. The second kappa shape index (κ2) is 6.50. The van der Waals surface area contributed by atoms with Gasteiger partial charge in [0.15, 0.2) is 0 Å². The average Bonchev–Trinajstić information content (AvgIpc) is 3.36. The Labute approximate surface area is 163 Å². The molecule has 3 amide bonds. The van der Waals surface area contributed by atoms with Crippen molar-refractivity contribution in [3.63, 3.8) is 0 Å². The lowest BCUT2D eigenvalue weighted by molar-refractivity contribution is -0.144. The number of likely N-dealkylation sites (tertiary alicyclic amines) is 1. The van der Waals surface area contributed by atoms with Crippen molar-refractivity contribution in [3.05, 3.63) is 23.8 Å². The molecule has 148 valence electrons. The molecule has 0 radical (unpaired) electrons. The summed E-state index contributed by atoms with van der Waals surface area (Å²) in [5, 5.41) is 6.17. The van der Waals surface area contributed by atoms with Crippen molar-refractivity contribution in [1.82, 2.24) is 10.2 Å². The minimum atomic E-state index is -0.306. The fourth-order valence-electron chi connectivity index (χ4n) is 5.46. The van der Waals surface area contributed by atoms with Crippen LogP contribution in [0.1, 0.15) is 31.7 Å². The zero-order valence-electron chi connectivity index (χ0n) is 15.9. The number of ether oxygens (including phenoxy) is 1. The van der Waals surface area contributed by atoms with Crippen molar-refractivity contribution >= 4 is 23.4 Å². The second-order valence-corrected chi connectivity index (χ2v) is 8.61. The van der Waals surface area contributed by atoms with Gasteiger partial charge in [0.1, 0.15) is 18.9 Å². The summed E-state index contributed by atoms with van der Waals surface area (Å²) in [6, 6.07) is 6.05. The van der Waals surface area contributed by atoms with Crippen LogP contribution >= 0.6 is 0 Å². The molecule has 0 spiro atoms. The Balaban J connectivity index is 1.19. The van der Waals surface area contributed by atoms with Gasteiger partial charge in [0, 0.05) is 6.54 Å². The van der Waals surface area contributed by atoms with Gasteiger partial charge in [-0.3, -0.25) is 19.3 Å². The van der Waals surface area contributed by atoms with Crippen molar-refractivity contribution in [1.29, 1.82) is 0 Å². The molecule has 5 rings (SSSR count). The van der Waals surface area contributed by atoms with Crippen molar-refractivity contribution in [2.75, 3.05) is 18.5 Å². The highest BCUT2D eigenvalue weighted by molar-refractivity contribution is 6.08. The number of nitrogens with one attached hydrogen (secondary N) is 2. The Hall–Kier alpha value is -2.57. The SMILES string of the molecule is C[C@@H]1COc2cc(CNC(=O)CN3C(=O)[C@@H]4[C@@H]5CC[C@@H](C5)[C@@H]4C3=O)ccc2N1. The first kappa shape index (κ1) is 17.5. The van der Waals surface area contributed by atoms with Gasteiger partial charge in [0.05, 0.1) is 23.6 Å². The number of amides is 3. The minimum absolute atomic E-state index is 0.139. The predicted molar refractivity (Wildman–Crippen MR) is 101 cm³/mol. The molecule has 28 heavy (non-hydrogen) atoms. The maximum absolute atomic E-state index is 12.7. The van der Waals surface area contributed by atoms with Crippen LogP contribution in [0.3, 0.4) is 0 Å². The molecule has 0 aromatic heterocycles. The Morgan fingerprint density at radius 2 is 1.93 bits per heavy atom. The molecule has 1 aromatic rings. The Morgan fingerprint density at radius 3 is 2.64 bits per heavy atom. The summed E-state index contributed by atoms with van der Waals surface area (Å²) in [5.74, 6) is 0.521. The van der Waals surface area contributed by atoms with Crippen molar-refractivity contribution in [2.24, 2.45) is 23.7 Å². The first-order valence-corrected chi connectivity index (χ1v) is 10.2.